The third kappa shape index (κ3) is 9.63. The molecule has 1 aromatic carbocycles. The lowest BCUT2D eigenvalue weighted by Crippen LogP contribution is -2.28. The fourth-order valence-electron chi connectivity index (χ4n) is 1.83. The van der Waals surface area contributed by atoms with Gasteiger partial charge in [0.15, 0.2) is 0 Å². The third-order valence-electron chi connectivity index (χ3n) is 3.08. The largest absolute Gasteiger partial charge is 0.379 e. The summed E-state index contributed by atoms with van der Waals surface area (Å²) in [5, 5.41) is 5.45. The second kappa shape index (κ2) is 10.7. The summed E-state index contributed by atoms with van der Waals surface area (Å²) in [4.78, 5) is 23.2. The molecule has 0 atom stereocenters. The van der Waals surface area contributed by atoms with Crippen molar-refractivity contribution in [1.29, 1.82) is 0 Å². The Bertz CT molecular complexity index is 489. The number of carbonyl (C=O) groups excluding carboxylic acids is 2. The van der Waals surface area contributed by atoms with E-state index >= 15 is 0 Å². The van der Waals surface area contributed by atoms with E-state index in [1.165, 1.54) is 12.1 Å². The van der Waals surface area contributed by atoms with Crippen LogP contribution in [-0.4, -0.2) is 31.1 Å². The molecule has 0 aliphatic heterocycles. The molecule has 1 aromatic rings. The number of benzene rings is 1. The Morgan fingerprint density at radius 1 is 1.09 bits per heavy atom. The Balaban J connectivity index is 2.08. The van der Waals surface area contributed by atoms with Gasteiger partial charge in [-0.2, -0.15) is 0 Å². The quantitative estimate of drug-likeness (QED) is 0.648. The lowest BCUT2D eigenvalue weighted by Gasteiger charge is -2.08. The SMILES string of the molecule is CC(C)OCCCNC(=O)CCC(=O)NCc1ccc(F)cc1. The van der Waals surface area contributed by atoms with Gasteiger partial charge in [0, 0.05) is 32.5 Å². The van der Waals surface area contributed by atoms with E-state index in [-0.39, 0.29) is 36.6 Å². The molecule has 2 N–H and O–H groups in total. The molecule has 0 spiro atoms. The molecule has 0 heterocycles. The zero-order chi connectivity index (χ0) is 17.1. The maximum Gasteiger partial charge on any atom is 0.220 e. The van der Waals surface area contributed by atoms with Gasteiger partial charge in [-0.3, -0.25) is 9.59 Å². The van der Waals surface area contributed by atoms with E-state index in [9.17, 15) is 14.0 Å². The highest BCUT2D eigenvalue weighted by Crippen LogP contribution is 2.02. The lowest BCUT2D eigenvalue weighted by atomic mass is 10.2. The van der Waals surface area contributed by atoms with Crippen molar-refractivity contribution in [2.75, 3.05) is 13.2 Å². The number of amides is 2. The number of ether oxygens (including phenoxy) is 1. The van der Waals surface area contributed by atoms with Crippen LogP contribution >= 0.6 is 0 Å². The van der Waals surface area contributed by atoms with E-state index in [1.54, 1.807) is 12.1 Å². The first-order valence-corrected chi connectivity index (χ1v) is 7.87. The van der Waals surface area contributed by atoms with E-state index in [2.05, 4.69) is 10.6 Å². The molecule has 0 saturated heterocycles. The van der Waals surface area contributed by atoms with Gasteiger partial charge in [-0.25, -0.2) is 4.39 Å². The first-order chi connectivity index (χ1) is 11.0. The van der Waals surface area contributed by atoms with Crippen molar-refractivity contribution in [1.82, 2.24) is 10.6 Å². The highest BCUT2D eigenvalue weighted by Gasteiger charge is 2.06. The van der Waals surface area contributed by atoms with Crippen LogP contribution < -0.4 is 10.6 Å². The molecule has 0 aliphatic rings. The van der Waals surface area contributed by atoms with E-state index in [0.29, 0.717) is 19.7 Å². The van der Waals surface area contributed by atoms with Crippen molar-refractivity contribution in [3.05, 3.63) is 35.6 Å². The highest BCUT2D eigenvalue weighted by atomic mass is 19.1. The van der Waals surface area contributed by atoms with Crippen LogP contribution in [0.15, 0.2) is 24.3 Å². The van der Waals surface area contributed by atoms with Crippen LogP contribution in [0.3, 0.4) is 0 Å². The topological polar surface area (TPSA) is 67.4 Å². The zero-order valence-electron chi connectivity index (χ0n) is 13.7. The second-order valence-corrected chi connectivity index (χ2v) is 5.53. The van der Waals surface area contributed by atoms with Gasteiger partial charge in [-0.1, -0.05) is 12.1 Å². The van der Waals surface area contributed by atoms with Gasteiger partial charge in [0.05, 0.1) is 6.10 Å². The number of nitrogens with one attached hydrogen (secondary N) is 2. The average molecular weight is 324 g/mol. The van der Waals surface area contributed by atoms with E-state index in [1.807, 2.05) is 13.8 Å². The summed E-state index contributed by atoms with van der Waals surface area (Å²) in [5.41, 5.74) is 0.814. The van der Waals surface area contributed by atoms with Crippen LogP contribution in [0.1, 0.15) is 38.7 Å². The number of halogens is 1. The minimum Gasteiger partial charge on any atom is -0.379 e. The standard InChI is InChI=1S/C17H25FN2O3/c1-13(2)23-11-3-10-19-16(21)8-9-17(22)20-12-14-4-6-15(18)7-5-14/h4-7,13H,3,8-12H2,1-2H3,(H,19,21)(H,20,22). The maximum absolute atomic E-state index is 12.7. The van der Waals surface area contributed by atoms with Crippen molar-refractivity contribution in [3.8, 4) is 0 Å². The molecule has 0 radical (unpaired) electrons. The third-order valence-corrected chi connectivity index (χ3v) is 3.08. The van der Waals surface area contributed by atoms with Crippen LogP contribution in [-0.2, 0) is 20.9 Å². The number of hydrogen-bond donors (Lipinski definition) is 2. The van der Waals surface area contributed by atoms with Crippen LogP contribution in [0.25, 0.3) is 0 Å². The normalized spacial score (nSPS) is 10.6. The van der Waals surface area contributed by atoms with Crippen molar-refractivity contribution >= 4 is 11.8 Å². The van der Waals surface area contributed by atoms with E-state index < -0.39 is 0 Å². The molecular formula is C17H25FN2O3. The Hall–Kier alpha value is -1.95. The van der Waals surface area contributed by atoms with Gasteiger partial charge in [0.1, 0.15) is 5.82 Å². The highest BCUT2D eigenvalue weighted by molar-refractivity contribution is 5.83. The molecule has 128 valence electrons. The predicted molar refractivity (Wildman–Crippen MR) is 86.2 cm³/mol. The van der Waals surface area contributed by atoms with Crippen LogP contribution in [0.5, 0.6) is 0 Å². The Morgan fingerprint density at radius 2 is 1.70 bits per heavy atom. The minimum absolute atomic E-state index is 0.134. The molecule has 23 heavy (non-hydrogen) atoms. The summed E-state index contributed by atoms with van der Waals surface area (Å²) in [6, 6.07) is 5.92. The molecule has 0 saturated carbocycles. The molecule has 0 aliphatic carbocycles. The van der Waals surface area contributed by atoms with Crippen molar-refractivity contribution in [2.45, 2.75) is 45.8 Å². The zero-order valence-corrected chi connectivity index (χ0v) is 13.7. The van der Waals surface area contributed by atoms with E-state index in [0.717, 1.165) is 12.0 Å². The number of carbonyl (C=O) groups is 2. The number of hydrogen-bond acceptors (Lipinski definition) is 3. The summed E-state index contributed by atoms with van der Waals surface area (Å²) in [6.45, 7) is 5.40. The van der Waals surface area contributed by atoms with Gasteiger partial charge < -0.3 is 15.4 Å². The number of rotatable bonds is 10. The Morgan fingerprint density at radius 3 is 2.30 bits per heavy atom. The lowest BCUT2D eigenvalue weighted by molar-refractivity contribution is -0.126. The Kier molecular flexibility index (Phi) is 8.90. The first kappa shape index (κ1) is 19.1. The monoisotopic (exact) mass is 324 g/mol. The molecule has 2 amide bonds. The van der Waals surface area contributed by atoms with Crippen LogP contribution in [0.2, 0.25) is 0 Å². The maximum atomic E-state index is 12.7. The average Bonchev–Trinajstić information content (AvgIpc) is 2.51. The summed E-state index contributed by atoms with van der Waals surface area (Å²) >= 11 is 0. The molecule has 0 fully saturated rings. The fraction of sp³-hybridized carbons (Fsp3) is 0.529. The summed E-state index contributed by atoms with van der Waals surface area (Å²) in [5.74, 6) is -0.658. The summed E-state index contributed by atoms with van der Waals surface area (Å²) < 4.78 is 18.1. The van der Waals surface area contributed by atoms with Crippen molar-refractivity contribution in [2.24, 2.45) is 0 Å². The van der Waals surface area contributed by atoms with Gasteiger partial charge >= 0.3 is 0 Å². The van der Waals surface area contributed by atoms with Gasteiger partial charge in [-0.05, 0) is 38.0 Å². The summed E-state index contributed by atoms with van der Waals surface area (Å²) in [6.07, 6.45) is 1.23. The van der Waals surface area contributed by atoms with Gasteiger partial charge in [0.2, 0.25) is 11.8 Å². The summed E-state index contributed by atoms with van der Waals surface area (Å²) in [7, 11) is 0. The van der Waals surface area contributed by atoms with Gasteiger partial charge in [-0.15, -0.1) is 0 Å². The van der Waals surface area contributed by atoms with Crippen molar-refractivity contribution < 1.29 is 18.7 Å². The molecule has 1 rings (SSSR count). The fourth-order valence-corrected chi connectivity index (χ4v) is 1.83. The molecule has 6 heteroatoms. The molecular weight excluding hydrogens is 299 g/mol. The van der Waals surface area contributed by atoms with Crippen molar-refractivity contribution in [3.63, 3.8) is 0 Å². The smallest absolute Gasteiger partial charge is 0.220 e. The second-order valence-electron chi connectivity index (χ2n) is 5.53. The van der Waals surface area contributed by atoms with Crippen LogP contribution in [0.4, 0.5) is 4.39 Å². The van der Waals surface area contributed by atoms with Gasteiger partial charge in [0.25, 0.3) is 0 Å². The molecule has 0 unspecified atom stereocenters. The van der Waals surface area contributed by atoms with E-state index in [4.69, 9.17) is 4.74 Å². The van der Waals surface area contributed by atoms with Crippen LogP contribution in [0, 0.1) is 5.82 Å². The molecule has 0 bridgehead atoms. The molecule has 0 aromatic heterocycles. The molecule has 5 nitrogen and oxygen atoms in total. The first-order valence-electron chi connectivity index (χ1n) is 7.87. The minimum atomic E-state index is -0.310. The predicted octanol–water partition coefficient (Wildman–Crippen LogP) is 2.15. The Labute approximate surface area is 136 Å².